The van der Waals surface area contributed by atoms with E-state index < -0.39 is 0 Å². The Balaban J connectivity index is 1.79. The van der Waals surface area contributed by atoms with Gasteiger partial charge in [0.25, 0.3) is 11.1 Å². The Morgan fingerprint density at radius 2 is 2.35 bits per heavy atom. The second kappa shape index (κ2) is 6.75. The van der Waals surface area contributed by atoms with Gasteiger partial charge in [0.15, 0.2) is 0 Å². The monoisotopic (exact) mass is 272 g/mol. The number of thiophene rings is 1. The van der Waals surface area contributed by atoms with Crippen LogP contribution in [-0.4, -0.2) is 40.9 Å². The predicted molar refractivity (Wildman–Crippen MR) is 66.2 cm³/mol. The maximum Gasteiger partial charge on any atom is 0.276 e. The highest BCUT2D eigenvalue weighted by Crippen LogP contribution is 2.26. The van der Waals surface area contributed by atoms with Gasteiger partial charge in [-0.1, -0.05) is 17.8 Å². The molecule has 2 heterocycles. The average molecular weight is 272 g/mol. The summed E-state index contributed by atoms with van der Waals surface area (Å²) in [6, 6.07) is 3.89. The molecule has 2 rings (SSSR count). The van der Waals surface area contributed by atoms with Gasteiger partial charge in [0, 0.05) is 5.75 Å². The van der Waals surface area contributed by atoms with Crippen molar-refractivity contribution in [1.82, 2.24) is 10.2 Å². The number of thioether (sulfide) groups is 1. The highest BCUT2D eigenvalue weighted by atomic mass is 32.2. The first-order valence-electron chi connectivity index (χ1n) is 5.09. The molecule has 0 aromatic carbocycles. The van der Waals surface area contributed by atoms with E-state index in [9.17, 15) is 0 Å². The maximum absolute atomic E-state index is 8.52. The molecule has 1 N–H and O–H groups in total. The molecule has 7 heteroatoms. The smallest absolute Gasteiger partial charge is 0.276 e. The SMILES string of the molecule is OCCOCCSc1nnc(-c2cccs2)o1. The zero-order valence-electron chi connectivity index (χ0n) is 9.04. The average Bonchev–Trinajstić information content (AvgIpc) is 2.99. The van der Waals surface area contributed by atoms with E-state index in [0.717, 1.165) is 10.6 Å². The number of hydrogen-bond donors (Lipinski definition) is 1. The van der Waals surface area contributed by atoms with Gasteiger partial charge in [0.2, 0.25) is 0 Å². The number of aromatic nitrogens is 2. The van der Waals surface area contributed by atoms with E-state index in [4.69, 9.17) is 14.3 Å². The summed E-state index contributed by atoms with van der Waals surface area (Å²) in [5.74, 6) is 1.28. The van der Waals surface area contributed by atoms with Crippen LogP contribution in [0.25, 0.3) is 10.8 Å². The minimum absolute atomic E-state index is 0.0494. The molecular formula is C10H12N2O3S2. The number of hydrogen-bond acceptors (Lipinski definition) is 7. The summed E-state index contributed by atoms with van der Waals surface area (Å²) in [5.41, 5.74) is 0. The Morgan fingerprint density at radius 1 is 1.41 bits per heavy atom. The standard InChI is InChI=1S/C10H12N2O3S2/c13-3-4-14-5-7-17-10-12-11-9(15-10)8-2-1-6-16-8/h1-2,6,13H,3-5,7H2. The van der Waals surface area contributed by atoms with Crippen LogP contribution in [0, 0.1) is 0 Å². The first-order chi connectivity index (χ1) is 8.40. The second-order valence-corrected chi connectivity index (χ2v) is 5.03. The minimum Gasteiger partial charge on any atom is -0.410 e. The fourth-order valence-corrected chi connectivity index (χ4v) is 2.38. The van der Waals surface area contributed by atoms with E-state index >= 15 is 0 Å². The van der Waals surface area contributed by atoms with E-state index in [1.807, 2.05) is 17.5 Å². The van der Waals surface area contributed by atoms with Gasteiger partial charge in [-0.05, 0) is 11.4 Å². The van der Waals surface area contributed by atoms with Crippen molar-refractivity contribution in [1.29, 1.82) is 0 Å². The zero-order valence-corrected chi connectivity index (χ0v) is 10.7. The molecule has 0 saturated carbocycles. The number of nitrogens with zero attached hydrogens (tertiary/aromatic N) is 2. The van der Waals surface area contributed by atoms with Crippen molar-refractivity contribution < 1.29 is 14.3 Å². The molecule has 0 fully saturated rings. The topological polar surface area (TPSA) is 68.4 Å². The number of rotatable bonds is 7. The molecule has 0 spiro atoms. The van der Waals surface area contributed by atoms with Crippen molar-refractivity contribution in [3.8, 4) is 10.8 Å². The van der Waals surface area contributed by atoms with Crippen molar-refractivity contribution in [3.63, 3.8) is 0 Å². The van der Waals surface area contributed by atoms with Crippen LogP contribution in [0.3, 0.4) is 0 Å². The molecule has 0 radical (unpaired) electrons. The number of aliphatic hydroxyl groups is 1. The largest absolute Gasteiger partial charge is 0.410 e. The van der Waals surface area contributed by atoms with Crippen molar-refractivity contribution in [2.45, 2.75) is 5.22 Å². The third kappa shape index (κ3) is 3.81. The van der Waals surface area contributed by atoms with Gasteiger partial charge in [-0.3, -0.25) is 0 Å². The fraction of sp³-hybridized carbons (Fsp3) is 0.400. The number of aliphatic hydroxyl groups excluding tert-OH is 1. The van der Waals surface area contributed by atoms with Gasteiger partial charge in [0.1, 0.15) is 0 Å². The molecule has 92 valence electrons. The summed E-state index contributed by atoms with van der Waals surface area (Å²) in [5, 5.41) is 18.9. The molecule has 0 saturated heterocycles. The molecular weight excluding hydrogens is 260 g/mol. The molecule has 2 aromatic heterocycles. The Hall–Kier alpha value is -0.890. The summed E-state index contributed by atoms with van der Waals surface area (Å²) in [4.78, 5) is 0.973. The van der Waals surface area contributed by atoms with Crippen LogP contribution in [-0.2, 0) is 4.74 Å². The van der Waals surface area contributed by atoms with Gasteiger partial charge in [-0.25, -0.2) is 0 Å². The molecule has 0 bridgehead atoms. The van der Waals surface area contributed by atoms with Crippen LogP contribution in [0.2, 0.25) is 0 Å². The molecule has 17 heavy (non-hydrogen) atoms. The van der Waals surface area contributed by atoms with E-state index in [1.54, 1.807) is 11.3 Å². The van der Waals surface area contributed by atoms with Crippen molar-refractivity contribution in [2.24, 2.45) is 0 Å². The van der Waals surface area contributed by atoms with Gasteiger partial charge in [-0.2, -0.15) is 0 Å². The quantitative estimate of drug-likeness (QED) is 0.613. The Kier molecular flexibility index (Phi) is 4.99. The molecule has 0 aliphatic rings. The Labute approximate surface area is 107 Å². The first-order valence-corrected chi connectivity index (χ1v) is 6.95. The molecule has 0 unspecified atom stereocenters. The summed E-state index contributed by atoms with van der Waals surface area (Å²) in [7, 11) is 0. The third-order valence-corrected chi connectivity index (χ3v) is 3.47. The van der Waals surface area contributed by atoms with Crippen molar-refractivity contribution >= 4 is 23.1 Å². The summed E-state index contributed by atoms with van der Waals surface area (Å²) in [6.45, 7) is 0.973. The van der Waals surface area contributed by atoms with E-state index in [1.165, 1.54) is 11.8 Å². The maximum atomic E-state index is 8.52. The van der Waals surface area contributed by atoms with Crippen LogP contribution in [0.4, 0.5) is 0 Å². The molecule has 0 atom stereocenters. The van der Waals surface area contributed by atoms with Crippen molar-refractivity contribution in [3.05, 3.63) is 17.5 Å². The highest BCUT2D eigenvalue weighted by Gasteiger charge is 2.09. The van der Waals surface area contributed by atoms with Crippen molar-refractivity contribution in [2.75, 3.05) is 25.6 Å². The van der Waals surface area contributed by atoms with Crippen LogP contribution in [0.5, 0.6) is 0 Å². The normalized spacial score (nSPS) is 10.9. The van der Waals surface area contributed by atoms with Crippen LogP contribution in [0.1, 0.15) is 0 Å². The summed E-state index contributed by atoms with van der Waals surface area (Å²) in [6.07, 6.45) is 0. The lowest BCUT2D eigenvalue weighted by Crippen LogP contribution is -2.02. The highest BCUT2D eigenvalue weighted by molar-refractivity contribution is 7.99. The van der Waals surface area contributed by atoms with Crippen LogP contribution in [0.15, 0.2) is 27.2 Å². The van der Waals surface area contributed by atoms with E-state index in [0.29, 0.717) is 24.3 Å². The third-order valence-electron chi connectivity index (χ3n) is 1.83. The Bertz CT molecular complexity index is 430. The predicted octanol–water partition coefficient (Wildman–Crippen LogP) is 1.90. The second-order valence-electron chi connectivity index (χ2n) is 3.03. The molecule has 0 aliphatic heterocycles. The zero-order chi connectivity index (χ0) is 11.9. The van der Waals surface area contributed by atoms with Crippen LogP contribution >= 0.6 is 23.1 Å². The molecule has 5 nitrogen and oxygen atoms in total. The van der Waals surface area contributed by atoms with E-state index in [2.05, 4.69) is 10.2 Å². The summed E-state index contributed by atoms with van der Waals surface area (Å²) < 4.78 is 10.6. The lowest BCUT2D eigenvalue weighted by molar-refractivity contribution is 0.103. The summed E-state index contributed by atoms with van der Waals surface area (Å²) >= 11 is 3.01. The molecule has 0 amide bonds. The van der Waals surface area contributed by atoms with Gasteiger partial charge in [0.05, 0.1) is 24.7 Å². The lowest BCUT2D eigenvalue weighted by atomic mass is 10.5. The first kappa shape index (κ1) is 12.6. The molecule has 0 aliphatic carbocycles. The van der Waals surface area contributed by atoms with Crippen LogP contribution < -0.4 is 0 Å². The molecule has 2 aromatic rings. The lowest BCUT2D eigenvalue weighted by Gasteiger charge is -1.98. The Morgan fingerprint density at radius 3 is 3.12 bits per heavy atom. The van der Waals surface area contributed by atoms with E-state index in [-0.39, 0.29) is 6.61 Å². The van der Waals surface area contributed by atoms with Gasteiger partial charge in [-0.15, -0.1) is 21.5 Å². The van der Waals surface area contributed by atoms with Gasteiger partial charge >= 0.3 is 0 Å². The number of ether oxygens (including phenoxy) is 1. The van der Waals surface area contributed by atoms with Gasteiger partial charge < -0.3 is 14.3 Å². The fourth-order valence-electron chi connectivity index (χ4n) is 1.12. The minimum atomic E-state index is 0.0494.